The topological polar surface area (TPSA) is 87.2 Å². The van der Waals surface area contributed by atoms with Crippen molar-refractivity contribution in [3.8, 4) is 0 Å². The number of sulfonamides is 1. The Hall–Kier alpha value is -0.920. The predicted octanol–water partition coefficient (Wildman–Crippen LogP) is 0.520. The molecular weight excluding hydrogens is 242 g/mol. The first-order valence-corrected chi connectivity index (χ1v) is 7.11. The maximum absolute atomic E-state index is 11.2. The Morgan fingerprint density at radius 1 is 1.53 bits per heavy atom. The molecule has 0 radical (unpaired) electrons. The van der Waals surface area contributed by atoms with Gasteiger partial charge in [0.05, 0.1) is 0 Å². The standard InChI is InChI=1S/C10H19N3O3S/c1-3-5-9-12-10(17(11,14)15)8-13(9)6-4-7-16-2/h8H,3-7H2,1-2H3,(H2,11,14,15). The fourth-order valence-electron chi connectivity index (χ4n) is 1.56. The lowest BCUT2D eigenvalue weighted by Gasteiger charge is -2.05. The molecule has 0 aliphatic rings. The van der Waals surface area contributed by atoms with Crippen molar-refractivity contribution in [3.63, 3.8) is 0 Å². The highest BCUT2D eigenvalue weighted by Gasteiger charge is 2.15. The number of methoxy groups -OCH3 is 1. The fraction of sp³-hybridized carbons (Fsp3) is 0.700. The van der Waals surface area contributed by atoms with E-state index in [0.29, 0.717) is 13.2 Å². The van der Waals surface area contributed by atoms with Gasteiger partial charge in [-0.2, -0.15) is 0 Å². The van der Waals surface area contributed by atoms with Crippen molar-refractivity contribution in [3.05, 3.63) is 12.0 Å². The molecule has 2 N–H and O–H groups in total. The third-order valence-corrected chi connectivity index (χ3v) is 3.13. The van der Waals surface area contributed by atoms with Crippen molar-refractivity contribution in [1.82, 2.24) is 9.55 Å². The number of nitrogens with zero attached hydrogens (tertiary/aromatic N) is 2. The van der Waals surface area contributed by atoms with Gasteiger partial charge in [-0.25, -0.2) is 18.5 Å². The Bertz CT molecular complexity index is 453. The SMILES string of the molecule is CCCc1nc(S(N)(=O)=O)cn1CCCOC. The number of aromatic nitrogens is 2. The summed E-state index contributed by atoms with van der Waals surface area (Å²) in [5, 5.41) is 5.00. The quantitative estimate of drug-likeness (QED) is 0.725. The summed E-state index contributed by atoms with van der Waals surface area (Å²) >= 11 is 0. The van der Waals surface area contributed by atoms with E-state index in [1.165, 1.54) is 6.20 Å². The third-order valence-electron chi connectivity index (χ3n) is 2.35. The van der Waals surface area contributed by atoms with Crippen molar-refractivity contribution in [2.75, 3.05) is 13.7 Å². The largest absolute Gasteiger partial charge is 0.385 e. The highest BCUT2D eigenvalue weighted by molar-refractivity contribution is 7.89. The van der Waals surface area contributed by atoms with E-state index in [1.54, 1.807) is 7.11 Å². The van der Waals surface area contributed by atoms with Crippen LogP contribution >= 0.6 is 0 Å². The predicted molar refractivity (Wildman–Crippen MR) is 64.1 cm³/mol. The molecule has 1 heterocycles. The second-order valence-electron chi connectivity index (χ2n) is 3.83. The zero-order valence-corrected chi connectivity index (χ0v) is 11.0. The summed E-state index contributed by atoms with van der Waals surface area (Å²) in [4.78, 5) is 4.06. The molecule has 0 saturated carbocycles. The monoisotopic (exact) mass is 261 g/mol. The summed E-state index contributed by atoms with van der Waals surface area (Å²) in [5.41, 5.74) is 0. The lowest BCUT2D eigenvalue weighted by Crippen LogP contribution is -2.12. The number of primary sulfonamides is 1. The molecule has 0 aliphatic carbocycles. The first-order valence-electron chi connectivity index (χ1n) is 5.56. The number of ether oxygens (including phenoxy) is 1. The first-order chi connectivity index (χ1) is 7.99. The average molecular weight is 261 g/mol. The van der Waals surface area contributed by atoms with Gasteiger partial charge in [0.2, 0.25) is 0 Å². The van der Waals surface area contributed by atoms with Gasteiger partial charge in [-0.15, -0.1) is 0 Å². The van der Waals surface area contributed by atoms with Crippen LogP contribution in [0.1, 0.15) is 25.6 Å². The minimum absolute atomic E-state index is 0.0571. The van der Waals surface area contributed by atoms with Crippen LogP contribution in [0.25, 0.3) is 0 Å². The molecule has 0 amide bonds. The van der Waals surface area contributed by atoms with Gasteiger partial charge in [0, 0.05) is 32.9 Å². The molecule has 1 aromatic heterocycles. The number of hydrogen-bond donors (Lipinski definition) is 1. The van der Waals surface area contributed by atoms with Gasteiger partial charge >= 0.3 is 0 Å². The number of hydrogen-bond acceptors (Lipinski definition) is 4. The molecule has 98 valence electrons. The second-order valence-corrected chi connectivity index (χ2v) is 5.34. The lowest BCUT2D eigenvalue weighted by molar-refractivity contribution is 0.190. The summed E-state index contributed by atoms with van der Waals surface area (Å²) in [7, 11) is -2.08. The average Bonchev–Trinajstić information content (AvgIpc) is 2.62. The minimum Gasteiger partial charge on any atom is -0.385 e. The number of imidazole rings is 1. The van der Waals surface area contributed by atoms with Crippen molar-refractivity contribution >= 4 is 10.0 Å². The zero-order chi connectivity index (χ0) is 12.9. The summed E-state index contributed by atoms with van der Waals surface area (Å²) in [5.74, 6) is 0.757. The maximum atomic E-state index is 11.2. The molecule has 1 rings (SSSR count). The van der Waals surface area contributed by atoms with Crippen molar-refractivity contribution in [2.24, 2.45) is 5.14 Å². The highest BCUT2D eigenvalue weighted by atomic mass is 32.2. The molecule has 0 saturated heterocycles. The highest BCUT2D eigenvalue weighted by Crippen LogP contribution is 2.10. The van der Waals surface area contributed by atoms with Gasteiger partial charge in [-0.05, 0) is 12.8 Å². The molecule has 1 aromatic rings. The summed E-state index contributed by atoms with van der Waals surface area (Å²) < 4.78 is 29.2. The zero-order valence-electron chi connectivity index (χ0n) is 10.2. The molecule has 17 heavy (non-hydrogen) atoms. The van der Waals surface area contributed by atoms with Crippen LogP contribution in [0.15, 0.2) is 11.2 Å². The Morgan fingerprint density at radius 3 is 2.76 bits per heavy atom. The van der Waals surface area contributed by atoms with Gasteiger partial charge in [0.1, 0.15) is 5.82 Å². The fourth-order valence-corrected chi connectivity index (χ4v) is 2.07. The Balaban J connectivity index is 2.89. The molecule has 6 nitrogen and oxygen atoms in total. The summed E-state index contributed by atoms with van der Waals surface area (Å²) in [6.07, 6.45) is 3.96. The number of nitrogens with two attached hydrogens (primary N) is 1. The van der Waals surface area contributed by atoms with Crippen LogP contribution in [0.2, 0.25) is 0 Å². The number of rotatable bonds is 7. The van der Waals surface area contributed by atoms with Crippen molar-refractivity contribution in [1.29, 1.82) is 0 Å². The van der Waals surface area contributed by atoms with Crippen molar-refractivity contribution in [2.45, 2.75) is 37.8 Å². The Labute approximate surface area is 102 Å². The molecule has 0 aliphatic heterocycles. The van der Waals surface area contributed by atoms with Gasteiger partial charge in [-0.1, -0.05) is 6.92 Å². The molecule has 0 fully saturated rings. The van der Waals surface area contributed by atoms with E-state index in [1.807, 2.05) is 11.5 Å². The van der Waals surface area contributed by atoms with E-state index >= 15 is 0 Å². The molecule has 0 bridgehead atoms. The molecule has 7 heteroatoms. The normalized spacial score (nSPS) is 11.9. The van der Waals surface area contributed by atoms with Gasteiger partial charge < -0.3 is 9.30 Å². The van der Waals surface area contributed by atoms with E-state index in [4.69, 9.17) is 9.88 Å². The van der Waals surface area contributed by atoms with Crippen LogP contribution in [0.4, 0.5) is 0 Å². The Kier molecular flexibility index (Phi) is 5.10. The first kappa shape index (κ1) is 14.1. The smallest absolute Gasteiger partial charge is 0.257 e. The molecular formula is C10H19N3O3S. The van der Waals surface area contributed by atoms with Crippen molar-refractivity contribution < 1.29 is 13.2 Å². The van der Waals surface area contributed by atoms with E-state index in [0.717, 1.165) is 25.1 Å². The second kappa shape index (κ2) is 6.13. The van der Waals surface area contributed by atoms with Gasteiger partial charge in [0.15, 0.2) is 5.03 Å². The van der Waals surface area contributed by atoms with Crippen LogP contribution in [0.5, 0.6) is 0 Å². The van der Waals surface area contributed by atoms with E-state index in [2.05, 4.69) is 4.98 Å². The minimum atomic E-state index is -3.72. The number of aryl methyl sites for hydroxylation is 2. The third kappa shape index (κ3) is 4.10. The molecule has 0 unspecified atom stereocenters. The summed E-state index contributed by atoms with van der Waals surface area (Å²) in [6, 6.07) is 0. The van der Waals surface area contributed by atoms with Gasteiger partial charge in [0.25, 0.3) is 10.0 Å². The van der Waals surface area contributed by atoms with Crippen LogP contribution in [-0.4, -0.2) is 31.7 Å². The van der Waals surface area contributed by atoms with Crippen LogP contribution in [0, 0.1) is 0 Å². The van der Waals surface area contributed by atoms with E-state index in [9.17, 15) is 8.42 Å². The van der Waals surface area contributed by atoms with Gasteiger partial charge in [-0.3, -0.25) is 0 Å². The lowest BCUT2D eigenvalue weighted by atomic mass is 10.3. The maximum Gasteiger partial charge on any atom is 0.257 e. The molecule has 0 atom stereocenters. The van der Waals surface area contributed by atoms with E-state index in [-0.39, 0.29) is 5.03 Å². The molecule has 0 aromatic carbocycles. The van der Waals surface area contributed by atoms with Crippen LogP contribution in [-0.2, 0) is 27.7 Å². The summed E-state index contributed by atoms with van der Waals surface area (Å²) in [6.45, 7) is 3.34. The van der Waals surface area contributed by atoms with Crippen LogP contribution < -0.4 is 5.14 Å². The van der Waals surface area contributed by atoms with E-state index < -0.39 is 10.0 Å². The Morgan fingerprint density at radius 2 is 2.24 bits per heavy atom. The van der Waals surface area contributed by atoms with Crippen LogP contribution in [0.3, 0.4) is 0 Å². The molecule has 0 spiro atoms.